The zero-order chi connectivity index (χ0) is 12.8. The predicted octanol–water partition coefficient (Wildman–Crippen LogP) is -0.965. The molecule has 0 radical (unpaired) electrons. The first-order chi connectivity index (χ1) is 8.02. The number of aromatic amines is 1. The molecule has 0 saturated carbocycles. The van der Waals surface area contributed by atoms with Crippen molar-refractivity contribution >= 4 is 17.5 Å². The molecule has 0 saturated heterocycles. The van der Waals surface area contributed by atoms with Crippen LogP contribution in [0.4, 0.5) is 16.3 Å². The summed E-state index contributed by atoms with van der Waals surface area (Å²) >= 11 is 0. The number of nitrogens with zero attached hydrogens (tertiary/aromatic N) is 2. The smallest absolute Gasteiger partial charge is 0.316 e. The zero-order valence-corrected chi connectivity index (χ0v) is 9.78. The van der Waals surface area contributed by atoms with Crippen LogP contribution in [0.2, 0.25) is 0 Å². The molecular weight excluding hydrogens is 224 g/mol. The van der Waals surface area contributed by atoms with Crippen LogP contribution >= 0.6 is 0 Å². The fourth-order valence-electron chi connectivity index (χ4n) is 1.06. The summed E-state index contributed by atoms with van der Waals surface area (Å²) in [6.07, 6.45) is 1.26. The molecule has 8 heteroatoms. The van der Waals surface area contributed by atoms with Gasteiger partial charge in [-0.05, 0) is 0 Å². The summed E-state index contributed by atoms with van der Waals surface area (Å²) in [5, 5.41) is 5.52. The molecular formula is C9H16N6O2. The standard InChI is InChI=1S/C9H16N6O2/c1-15(2)9(17)12-4-3-11-7-6(10)8(16)14-5-13-7/h5H,3-4,10H2,1-2H3,(H,12,17)(H2,11,13,14,16). The number of nitrogens with one attached hydrogen (secondary N) is 3. The summed E-state index contributed by atoms with van der Waals surface area (Å²) in [5.74, 6) is 0.313. The van der Waals surface area contributed by atoms with Crippen LogP contribution in [-0.4, -0.2) is 48.1 Å². The quantitative estimate of drug-likeness (QED) is 0.505. The normalized spacial score (nSPS) is 9.76. The van der Waals surface area contributed by atoms with Gasteiger partial charge in [0.15, 0.2) is 5.82 Å². The Morgan fingerprint density at radius 3 is 2.88 bits per heavy atom. The molecule has 2 amide bonds. The Hall–Kier alpha value is -2.25. The maximum absolute atomic E-state index is 11.2. The first-order valence-corrected chi connectivity index (χ1v) is 5.04. The van der Waals surface area contributed by atoms with Gasteiger partial charge in [0.2, 0.25) is 0 Å². The number of carbonyl (C=O) groups is 1. The van der Waals surface area contributed by atoms with Crippen molar-refractivity contribution in [3.63, 3.8) is 0 Å². The number of amides is 2. The molecule has 0 atom stereocenters. The number of anilines is 2. The third-order valence-corrected chi connectivity index (χ3v) is 1.99. The van der Waals surface area contributed by atoms with Crippen LogP contribution in [0, 0.1) is 0 Å². The van der Waals surface area contributed by atoms with Crippen LogP contribution in [0.15, 0.2) is 11.1 Å². The number of hydrogen-bond acceptors (Lipinski definition) is 5. The van der Waals surface area contributed by atoms with Gasteiger partial charge in [-0.3, -0.25) is 4.79 Å². The minimum Gasteiger partial charge on any atom is -0.391 e. The molecule has 1 aromatic rings. The van der Waals surface area contributed by atoms with E-state index in [0.29, 0.717) is 18.9 Å². The van der Waals surface area contributed by atoms with Gasteiger partial charge < -0.3 is 26.3 Å². The van der Waals surface area contributed by atoms with Crippen molar-refractivity contribution in [1.29, 1.82) is 0 Å². The first kappa shape index (κ1) is 12.8. The van der Waals surface area contributed by atoms with Crippen molar-refractivity contribution in [3.05, 3.63) is 16.7 Å². The minimum absolute atomic E-state index is 0.0337. The highest BCUT2D eigenvalue weighted by Crippen LogP contribution is 2.05. The Kier molecular flexibility index (Phi) is 4.32. The number of aromatic nitrogens is 2. The fourth-order valence-corrected chi connectivity index (χ4v) is 1.06. The molecule has 0 aliphatic rings. The molecule has 0 aromatic carbocycles. The molecule has 0 aliphatic heterocycles. The van der Waals surface area contributed by atoms with Crippen LogP contribution in [0.3, 0.4) is 0 Å². The number of H-pyrrole nitrogens is 1. The summed E-state index contributed by atoms with van der Waals surface area (Å²) in [6.45, 7) is 0.838. The maximum Gasteiger partial charge on any atom is 0.316 e. The van der Waals surface area contributed by atoms with E-state index in [-0.39, 0.29) is 17.3 Å². The molecule has 1 heterocycles. The van der Waals surface area contributed by atoms with Crippen molar-refractivity contribution in [2.24, 2.45) is 0 Å². The van der Waals surface area contributed by atoms with E-state index >= 15 is 0 Å². The molecule has 94 valence electrons. The fraction of sp³-hybridized carbons (Fsp3) is 0.444. The van der Waals surface area contributed by atoms with Crippen LogP contribution in [0.1, 0.15) is 0 Å². The molecule has 0 unspecified atom stereocenters. The van der Waals surface area contributed by atoms with Crippen molar-refractivity contribution in [1.82, 2.24) is 20.2 Å². The van der Waals surface area contributed by atoms with Crippen LogP contribution in [-0.2, 0) is 0 Å². The Bertz CT molecular complexity index is 441. The van der Waals surface area contributed by atoms with Gasteiger partial charge >= 0.3 is 6.03 Å². The van der Waals surface area contributed by atoms with Crippen LogP contribution in [0.25, 0.3) is 0 Å². The maximum atomic E-state index is 11.2. The molecule has 1 rings (SSSR count). The van der Waals surface area contributed by atoms with Gasteiger partial charge in [-0.15, -0.1) is 0 Å². The van der Waals surface area contributed by atoms with Crippen molar-refractivity contribution in [2.45, 2.75) is 0 Å². The highest BCUT2D eigenvalue weighted by molar-refractivity contribution is 5.73. The lowest BCUT2D eigenvalue weighted by atomic mass is 10.4. The number of carbonyl (C=O) groups excluding carboxylic acids is 1. The lowest BCUT2D eigenvalue weighted by Crippen LogP contribution is -2.37. The highest BCUT2D eigenvalue weighted by Gasteiger charge is 2.04. The monoisotopic (exact) mass is 240 g/mol. The van der Waals surface area contributed by atoms with E-state index in [1.54, 1.807) is 14.1 Å². The molecule has 5 N–H and O–H groups in total. The predicted molar refractivity (Wildman–Crippen MR) is 64.8 cm³/mol. The number of hydrogen-bond donors (Lipinski definition) is 4. The van der Waals surface area contributed by atoms with E-state index < -0.39 is 0 Å². The largest absolute Gasteiger partial charge is 0.391 e. The van der Waals surface area contributed by atoms with E-state index in [2.05, 4.69) is 20.6 Å². The lowest BCUT2D eigenvalue weighted by molar-refractivity contribution is 0.218. The SMILES string of the molecule is CN(C)C(=O)NCCNc1nc[nH]c(=O)c1N. The van der Waals surface area contributed by atoms with Crippen molar-refractivity contribution in [2.75, 3.05) is 38.2 Å². The number of nitrogens with two attached hydrogens (primary N) is 1. The van der Waals surface area contributed by atoms with Gasteiger partial charge in [-0.1, -0.05) is 0 Å². The molecule has 0 bridgehead atoms. The number of rotatable bonds is 4. The van der Waals surface area contributed by atoms with Crippen molar-refractivity contribution in [3.8, 4) is 0 Å². The summed E-state index contributed by atoms with van der Waals surface area (Å²) in [7, 11) is 3.30. The van der Waals surface area contributed by atoms with Gasteiger partial charge in [0, 0.05) is 27.2 Å². The van der Waals surface area contributed by atoms with E-state index in [1.165, 1.54) is 11.2 Å². The van der Waals surface area contributed by atoms with Crippen LogP contribution in [0.5, 0.6) is 0 Å². The van der Waals surface area contributed by atoms with Gasteiger partial charge in [-0.2, -0.15) is 0 Å². The molecule has 1 aromatic heterocycles. The van der Waals surface area contributed by atoms with Gasteiger partial charge in [0.25, 0.3) is 5.56 Å². The molecule has 0 spiro atoms. The second kappa shape index (κ2) is 5.73. The van der Waals surface area contributed by atoms with Gasteiger partial charge in [0.05, 0.1) is 6.33 Å². The lowest BCUT2D eigenvalue weighted by Gasteiger charge is -2.12. The Morgan fingerprint density at radius 2 is 2.24 bits per heavy atom. The second-order valence-corrected chi connectivity index (χ2v) is 3.55. The third kappa shape index (κ3) is 3.67. The Labute approximate surface area is 98.2 Å². The van der Waals surface area contributed by atoms with Crippen molar-refractivity contribution < 1.29 is 4.79 Å². The zero-order valence-electron chi connectivity index (χ0n) is 9.78. The van der Waals surface area contributed by atoms with E-state index in [0.717, 1.165) is 0 Å². The number of nitrogen functional groups attached to an aromatic ring is 1. The average molecular weight is 240 g/mol. The van der Waals surface area contributed by atoms with E-state index in [4.69, 9.17) is 5.73 Å². The second-order valence-electron chi connectivity index (χ2n) is 3.55. The summed E-state index contributed by atoms with van der Waals surface area (Å²) in [4.78, 5) is 30.0. The minimum atomic E-state index is -0.389. The van der Waals surface area contributed by atoms with Gasteiger partial charge in [0.1, 0.15) is 5.69 Å². The Morgan fingerprint density at radius 1 is 1.53 bits per heavy atom. The summed E-state index contributed by atoms with van der Waals surface area (Å²) < 4.78 is 0. The Balaban J connectivity index is 2.39. The summed E-state index contributed by atoms with van der Waals surface area (Å²) in [5.41, 5.74) is 5.15. The molecule has 0 fully saturated rings. The first-order valence-electron chi connectivity index (χ1n) is 5.04. The van der Waals surface area contributed by atoms with Gasteiger partial charge in [-0.25, -0.2) is 9.78 Å². The summed E-state index contributed by atoms with van der Waals surface area (Å²) in [6, 6.07) is -0.182. The average Bonchev–Trinajstić information content (AvgIpc) is 2.29. The molecule has 0 aliphatic carbocycles. The van der Waals surface area contributed by atoms with E-state index in [9.17, 15) is 9.59 Å². The third-order valence-electron chi connectivity index (χ3n) is 1.99. The topological polar surface area (TPSA) is 116 Å². The molecule has 8 nitrogen and oxygen atoms in total. The molecule has 17 heavy (non-hydrogen) atoms. The van der Waals surface area contributed by atoms with E-state index in [1.807, 2.05) is 0 Å². The number of urea groups is 1. The highest BCUT2D eigenvalue weighted by atomic mass is 16.2. The van der Waals surface area contributed by atoms with Crippen LogP contribution < -0.4 is 21.9 Å².